The molecule has 2 aromatic carbocycles. The summed E-state index contributed by atoms with van der Waals surface area (Å²) in [5.41, 5.74) is 2.85. The summed E-state index contributed by atoms with van der Waals surface area (Å²) in [6.45, 7) is 2.18. The van der Waals surface area contributed by atoms with E-state index in [1.54, 1.807) is 12.1 Å². The SMILES string of the molecule is CN(c1cc(F)c(S(=O)(=O)Nc2cscn2)cc1Cl)C1CCN(Cc2cc(Cl)ccc2Cl)C1. The van der Waals surface area contributed by atoms with Crippen molar-refractivity contribution in [2.24, 2.45) is 0 Å². The molecule has 0 bridgehead atoms. The number of thiazole rings is 1. The van der Waals surface area contributed by atoms with E-state index in [0.29, 0.717) is 28.8 Å². The van der Waals surface area contributed by atoms with Crippen LogP contribution in [-0.4, -0.2) is 44.5 Å². The molecule has 1 saturated heterocycles. The monoisotopic (exact) mass is 548 g/mol. The molecule has 1 aliphatic rings. The Morgan fingerprint density at radius 2 is 2.03 bits per heavy atom. The molecule has 6 nitrogen and oxygen atoms in total. The zero-order valence-electron chi connectivity index (χ0n) is 17.4. The van der Waals surface area contributed by atoms with Gasteiger partial charge in [-0.1, -0.05) is 34.8 Å². The Morgan fingerprint density at radius 3 is 2.76 bits per heavy atom. The topological polar surface area (TPSA) is 65.5 Å². The van der Waals surface area contributed by atoms with Crippen LogP contribution in [0, 0.1) is 5.82 Å². The summed E-state index contributed by atoms with van der Waals surface area (Å²) in [6.07, 6.45) is 0.831. The lowest BCUT2D eigenvalue weighted by atomic mass is 10.2. The van der Waals surface area contributed by atoms with Crippen molar-refractivity contribution in [2.75, 3.05) is 29.8 Å². The molecule has 33 heavy (non-hydrogen) atoms. The van der Waals surface area contributed by atoms with Crippen LogP contribution in [0.3, 0.4) is 0 Å². The zero-order chi connectivity index (χ0) is 23.8. The summed E-state index contributed by atoms with van der Waals surface area (Å²) >= 11 is 20.0. The van der Waals surface area contributed by atoms with E-state index in [-0.39, 0.29) is 16.9 Å². The van der Waals surface area contributed by atoms with Crippen molar-refractivity contribution in [3.63, 3.8) is 0 Å². The Labute approximate surface area is 210 Å². The second-order valence-electron chi connectivity index (χ2n) is 7.74. The van der Waals surface area contributed by atoms with Gasteiger partial charge in [-0.25, -0.2) is 17.8 Å². The Morgan fingerprint density at radius 1 is 1.24 bits per heavy atom. The van der Waals surface area contributed by atoms with Crippen LogP contribution in [0.15, 0.2) is 46.1 Å². The Hall–Kier alpha value is -1.62. The second-order valence-corrected chi connectivity index (χ2v) is 11.4. The maximum absolute atomic E-state index is 14.9. The number of nitrogens with one attached hydrogen (secondary N) is 1. The Bertz CT molecular complexity index is 1260. The van der Waals surface area contributed by atoms with Crippen LogP contribution in [0.4, 0.5) is 15.9 Å². The molecule has 1 unspecified atom stereocenters. The van der Waals surface area contributed by atoms with Crippen molar-refractivity contribution in [1.29, 1.82) is 0 Å². The molecule has 1 atom stereocenters. The number of sulfonamides is 1. The average Bonchev–Trinajstić information content (AvgIpc) is 3.43. The fraction of sp³-hybridized carbons (Fsp3) is 0.286. The molecule has 1 aromatic heterocycles. The quantitative estimate of drug-likeness (QED) is 0.406. The van der Waals surface area contributed by atoms with Gasteiger partial charge in [-0.05, 0) is 36.2 Å². The first-order valence-corrected chi connectivity index (χ1v) is 13.5. The number of hydrogen-bond acceptors (Lipinski definition) is 6. The van der Waals surface area contributed by atoms with Gasteiger partial charge >= 0.3 is 0 Å². The van der Waals surface area contributed by atoms with Gasteiger partial charge in [0.2, 0.25) is 0 Å². The van der Waals surface area contributed by atoms with E-state index >= 15 is 0 Å². The predicted molar refractivity (Wildman–Crippen MR) is 133 cm³/mol. The normalized spacial score (nSPS) is 16.8. The lowest BCUT2D eigenvalue weighted by Crippen LogP contribution is -2.34. The fourth-order valence-electron chi connectivity index (χ4n) is 3.82. The molecule has 1 N–H and O–H groups in total. The number of likely N-dealkylation sites (tertiary alicyclic amines) is 1. The lowest BCUT2D eigenvalue weighted by Gasteiger charge is -2.28. The number of halogens is 4. The van der Waals surface area contributed by atoms with Crippen LogP contribution in [0.1, 0.15) is 12.0 Å². The minimum Gasteiger partial charge on any atom is -0.369 e. The molecule has 2 heterocycles. The van der Waals surface area contributed by atoms with E-state index in [1.807, 2.05) is 18.0 Å². The summed E-state index contributed by atoms with van der Waals surface area (Å²) in [5.74, 6) is -0.757. The van der Waals surface area contributed by atoms with Crippen LogP contribution in [0.2, 0.25) is 15.1 Å². The number of anilines is 2. The molecule has 4 rings (SSSR count). The van der Waals surface area contributed by atoms with Gasteiger partial charge in [-0.2, -0.15) is 0 Å². The van der Waals surface area contributed by atoms with Gasteiger partial charge < -0.3 is 4.90 Å². The summed E-state index contributed by atoms with van der Waals surface area (Å²) < 4.78 is 42.3. The summed E-state index contributed by atoms with van der Waals surface area (Å²) in [5, 5.41) is 2.95. The molecule has 0 aliphatic carbocycles. The van der Waals surface area contributed by atoms with Crippen LogP contribution in [0.25, 0.3) is 0 Å². The van der Waals surface area contributed by atoms with Crippen molar-refractivity contribution in [3.05, 3.63) is 67.7 Å². The number of nitrogens with zero attached hydrogens (tertiary/aromatic N) is 3. The molecule has 0 saturated carbocycles. The van der Waals surface area contributed by atoms with Crippen molar-refractivity contribution in [2.45, 2.75) is 23.9 Å². The third-order valence-corrected chi connectivity index (χ3v) is 8.40. The molecule has 12 heteroatoms. The lowest BCUT2D eigenvalue weighted by molar-refractivity contribution is 0.326. The highest BCUT2D eigenvalue weighted by atomic mass is 35.5. The van der Waals surface area contributed by atoms with E-state index in [4.69, 9.17) is 34.8 Å². The van der Waals surface area contributed by atoms with Crippen LogP contribution < -0.4 is 9.62 Å². The maximum atomic E-state index is 14.9. The largest absolute Gasteiger partial charge is 0.369 e. The van der Waals surface area contributed by atoms with Gasteiger partial charge in [0.25, 0.3) is 10.0 Å². The molecule has 3 aromatic rings. The Kier molecular flexibility index (Phi) is 7.38. The summed E-state index contributed by atoms with van der Waals surface area (Å²) in [6, 6.07) is 7.74. The highest BCUT2D eigenvalue weighted by Gasteiger charge is 2.29. The van der Waals surface area contributed by atoms with E-state index in [2.05, 4.69) is 14.6 Å². The van der Waals surface area contributed by atoms with E-state index < -0.39 is 20.7 Å². The molecule has 0 radical (unpaired) electrons. The average molecular weight is 550 g/mol. The van der Waals surface area contributed by atoms with Crippen molar-refractivity contribution in [1.82, 2.24) is 9.88 Å². The first kappa shape index (κ1) is 24.5. The maximum Gasteiger partial charge on any atom is 0.266 e. The van der Waals surface area contributed by atoms with E-state index in [1.165, 1.54) is 22.2 Å². The third kappa shape index (κ3) is 5.55. The number of aromatic nitrogens is 1. The zero-order valence-corrected chi connectivity index (χ0v) is 21.3. The van der Waals surface area contributed by atoms with Crippen LogP contribution >= 0.6 is 46.1 Å². The third-order valence-electron chi connectivity index (χ3n) is 5.54. The standard InChI is InChI=1S/C21H20Cl3FN4O2S2/c1-28(15-4-5-29(10-15)9-13-6-14(22)2-3-16(13)23)19-8-18(25)20(7-17(19)24)33(30,31)27-21-11-32-12-26-21/h2-3,6-8,11-12,15,27H,4-5,9-10H2,1H3. The van der Waals surface area contributed by atoms with Gasteiger partial charge in [-0.3, -0.25) is 9.62 Å². The highest BCUT2D eigenvalue weighted by Crippen LogP contribution is 2.34. The molecule has 176 valence electrons. The van der Waals surface area contributed by atoms with E-state index in [9.17, 15) is 12.8 Å². The number of likely N-dealkylation sites (N-methyl/N-ethyl adjacent to an activating group) is 1. The van der Waals surface area contributed by atoms with Gasteiger partial charge in [0.1, 0.15) is 10.7 Å². The molecule has 0 spiro atoms. The van der Waals surface area contributed by atoms with Crippen molar-refractivity contribution in [3.8, 4) is 0 Å². The van der Waals surface area contributed by atoms with Gasteiger partial charge in [0, 0.05) is 54.2 Å². The Balaban J connectivity index is 1.49. The molecular weight excluding hydrogens is 530 g/mol. The first-order chi connectivity index (χ1) is 15.6. The minimum atomic E-state index is -4.16. The predicted octanol–water partition coefficient (Wildman–Crippen LogP) is 5.75. The smallest absolute Gasteiger partial charge is 0.266 e. The molecule has 0 amide bonds. The second kappa shape index (κ2) is 9.93. The summed E-state index contributed by atoms with van der Waals surface area (Å²) in [7, 11) is -2.34. The highest BCUT2D eigenvalue weighted by molar-refractivity contribution is 7.92. The minimum absolute atomic E-state index is 0.0652. The van der Waals surface area contributed by atoms with E-state index in [0.717, 1.165) is 30.7 Å². The van der Waals surface area contributed by atoms with Crippen LogP contribution in [-0.2, 0) is 16.6 Å². The first-order valence-electron chi connectivity index (χ1n) is 9.93. The van der Waals surface area contributed by atoms with Crippen LogP contribution in [0.5, 0.6) is 0 Å². The number of rotatable bonds is 7. The van der Waals surface area contributed by atoms with Gasteiger partial charge in [-0.15, -0.1) is 11.3 Å². The number of hydrogen-bond donors (Lipinski definition) is 1. The fourth-order valence-corrected chi connectivity index (χ4v) is 6.20. The van der Waals surface area contributed by atoms with Crippen molar-refractivity contribution >= 4 is 67.7 Å². The van der Waals surface area contributed by atoms with Gasteiger partial charge in [0.05, 0.1) is 16.2 Å². The van der Waals surface area contributed by atoms with Crippen molar-refractivity contribution < 1.29 is 12.8 Å². The number of benzene rings is 2. The molecule has 1 fully saturated rings. The molecule has 1 aliphatic heterocycles. The summed E-state index contributed by atoms with van der Waals surface area (Å²) in [4.78, 5) is 7.46. The molecular formula is C21H20Cl3FN4O2S2. The van der Waals surface area contributed by atoms with Gasteiger partial charge in [0.15, 0.2) is 5.82 Å².